The van der Waals surface area contributed by atoms with Crippen molar-refractivity contribution in [1.82, 2.24) is 14.9 Å². The molecule has 4 rings (SSSR count). The maximum Gasteiger partial charge on any atom is 0.253 e. The smallest absolute Gasteiger partial charge is 0.253 e. The Morgan fingerprint density at radius 3 is 2.43 bits per heavy atom. The van der Waals surface area contributed by atoms with Gasteiger partial charge in [0, 0.05) is 36.6 Å². The van der Waals surface area contributed by atoms with Crippen LogP contribution in [0.4, 0.5) is 0 Å². The molecule has 0 aliphatic carbocycles. The van der Waals surface area contributed by atoms with E-state index in [9.17, 15) is 9.59 Å². The van der Waals surface area contributed by atoms with Crippen molar-refractivity contribution in [3.05, 3.63) is 65.5 Å². The van der Waals surface area contributed by atoms with Gasteiger partial charge in [-0.15, -0.1) is 0 Å². The molecule has 2 amide bonds. The molecule has 7 heteroatoms. The Kier molecular flexibility index (Phi) is 5.61. The SMILES string of the molecule is CCC(=O)N=C(N)c1ccc(C(=O)N2CCC(c3nc4ccccc4[nH]3)CC2)cc1. The molecule has 30 heavy (non-hydrogen) atoms. The molecule has 0 spiro atoms. The summed E-state index contributed by atoms with van der Waals surface area (Å²) in [5.41, 5.74) is 9.14. The molecule has 1 aliphatic heterocycles. The number of aromatic nitrogens is 2. The van der Waals surface area contributed by atoms with Crippen molar-refractivity contribution in [2.24, 2.45) is 10.7 Å². The van der Waals surface area contributed by atoms with Crippen LogP contribution in [0.15, 0.2) is 53.5 Å². The number of likely N-dealkylation sites (tertiary alicyclic amines) is 1. The predicted octanol–water partition coefficient (Wildman–Crippen LogP) is 3.22. The fourth-order valence-corrected chi connectivity index (χ4v) is 3.77. The van der Waals surface area contributed by atoms with E-state index in [1.807, 2.05) is 29.2 Å². The molecular weight excluding hydrogens is 378 g/mol. The Labute approximate surface area is 175 Å². The quantitative estimate of drug-likeness (QED) is 0.515. The molecule has 3 N–H and O–H groups in total. The highest BCUT2D eigenvalue weighted by molar-refractivity contribution is 6.04. The fourth-order valence-electron chi connectivity index (χ4n) is 3.77. The maximum atomic E-state index is 12.9. The van der Waals surface area contributed by atoms with Crippen LogP contribution in [-0.2, 0) is 4.79 Å². The zero-order chi connectivity index (χ0) is 21.1. The van der Waals surface area contributed by atoms with E-state index < -0.39 is 0 Å². The van der Waals surface area contributed by atoms with Crippen molar-refractivity contribution in [3.63, 3.8) is 0 Å². The highest BCUT2D eigenvalue weighted by Crippen LogP contribution is 2.28. The molecule has 1 saturated heterocycles. The first kappa shape index (κ1) is 19.8. The summed E-state index contributed by atoms with van der Waals surface area (Å²) in [6.45, 7) is 3.12. The van der Waals surface area contributed by atoms with Crippen LogP contribution in [0.25, 0.3) is 11.0 Å². The Bertz CT molecular complexity index is 1060. The second-order valence-corrected chi connectivity index (χ2v) is 7.53. The summed E-state index contributed by atoms with van der Waals surface area (Å²) in [5, 5.41) is 0. The molecule has 0 saturated carbocycles. The van der Waals surface area contributed by atoms with Crippen LogP contribution in [-0.4, -0.2) is 45.6 Å². The summed E-state index contributed by atoms with van der Waals surface area (Å²) < 4.78 is 0. The topological polar surface area (TPSA) is 104 Å². The lowest BCUT2D eigenvalue weighted by Crippen LogP contribution is -2.38. The number of amidine groups is 1. The average molecular weight is 403 g/mol. The lowest BCUT2D eigenvalue weighted by atomic mass is 9.95. The zero-order valence-electron chi connectivity index (χ0n) is 17.0. The van der Waals surface area contributed by atoms with Gasteiger partial charge >= 0.3 is 0 Å². The van der Waals surface area contributed by atoms with Crippen LogP contribution in [0, 0.1) is 0 Å². The Morgan fingerprint density at radius 1 is 1.10 bits per heavy atom. The monoisotopic (exact) mass is 403 g/mol. The van der Waals surface area contributed by atoms with Gasteiger partial charge in [-0.05, 0) is 37.1 Å². The van der Waals surface area contributed by atoms with Crippen molar-refractivity contribution in [3.8, 4) is 0 Å². The molecule has 0 radical (unpaired) electrons. The Balaban J connectivity index is 1.39. The van der Waals surface area contributed by atoms with Crippen LogP contribution in [0.1, 0.15) is 53.8 Å². The van der Waals surface area contributed by atoms with Gasteiger partial charge in [-0.2, -0.15) is 4.99 Å². The van der Waals surface area contributed by atoms with Crippen molar-refractivity contribution in [2.45, 2.75) is 32.1 Å². The zero-order valence-corrected chi connectivity index (χ0v) is 17.0. The van der Waals surface area contributed by atoms with Gasteiger partial charge in [-0.3, -0.25) is 9.59 Å². The number of piperidine rings is 1. The first-order valence-corrected chi connectivity index (χ1v) is 10.3. The summed E-state index contributed by atoms with van der Waals surface area (Å²) in [4.78, 5) is 38.1. The van der Waals surface area contributed by atoms with Crippen LogP contribution >= 0.6 is 0 Å². The molecule has 7 nitrogen and oxygen atoms in total. The lowest BCUT2D eigenvalue weighted by molar-refractivity contribution is -0.117. The van der Waals surface area contributed by atoms with Crippen LogP contribution in [0.2, 0.25) is 0 Å². The number of carbonyl (C=O) groups excluding carboxylic acids is 2. The third-order valence-corrected chi connectivity index (χ3v) is 5.55. The number of rotatable bonds is 4. The predicted molar refractivity (Wildman–Crippen MR) is 116 cm³/mol. The Hall–Kier alpha value is -3.48. The molecular formula is C23H25N5O2. The number of benzene rings is 2. The number of nitrogens with one attached hydrogen (secondary N) is 1. The number of nitrogens with zero attached hydrogens (tertiary/aromatic N) is 3. The van der Waals surface area contributed by atoms with Crippen molar-refractivity contribution in [1.29, 1.82) is 0 Å². The minimum atomic E-state index is -0.264. The summed E-state index contributed by atoms with van der Waals surface area (Å²) >= 11 is 0. The number of imidazole rings is 1. The van der Waals surface area contributed by atoms with E-state index in [0.29, 0.717) is 36.6 Å². The first-order chi connectivity index (χ1) is 14.5. The number of fused-ring (bicyclic) bond motifs is 1. The molecule has 3 aromatic rings. The van der Waals surface area contributed by atoms with Gasteiger partial charge in [0.1, 0.15) is 11.7 Å². The normalized spacial score (nSPS) is 15.5. The van der Waals surface area contributed by atoms with Gasteiger partial charge in [0.25, 0.3) is 5.91 Å². The maximum absolute atomic E-state index is 12.9. The van der Waals surface area contributed by atoms with E-state index in [1.165, 1.54) is 0 Å². The second kappa shape index (κ2) is 8.49. The van der Waals surface area contributed by atoms with Crippen LogP contribution in [0.5, 0.6) is 0 Å². The minimum absolute atomic E-state index is 0.00440. The minimum Gasteiger partial charge on any atom is -0.383 e. The third kappa shape index (κ3) is 4.10. The second-order valence-electron chi connectivity index (χ2n) is 7.53. The highest BCUT2D eigenvalue weighted by Gasteiger charge is 2.26. The average Bonchev–Trinajstić information content (AvgIpc) is 3.23. The number of nitrogens with two attached hydrogens (primary N) is 1. The number of hydrogen-bond acceptors (Lipinski definition) is 3. The molecule has 1 fully saturated rings. The van der Waals surface area contributed by atoms with Crippen molar-refractivity contribution >= 4 is 28.7 Å². The third-order valence-electron chi connectivity index (χ3n) is 5.55. The molecule has 154 valence electrons. The van der Waals surface area contributed by atoms with Gasteiger partial charge in [-0.1, -0.05) is 31.2 Å². The molecule has 0 unspecified atom stereocenters. The van der Waals surface area contributed by atoms with E-state index in [4.69, 9.17) is 10.7 Å². The lowest BCUT2D eigenvalue weighted by Gasteiger charge is -2.31. The van der Waals surface area contributed by atoms with Gasteiger partial charge in [-0.25, -0.2) is 4.98 Å². The highest BCUT2D eigenvalue weighted by atomic mass is 16.2. The number of H-pyrrole nitrogens is 1. The van der Waals surface area contributed by atoms with Crippen LogP contribution < -0.4 is 5.73 Å². The van der Waals surface area contributed by atoms with E-state index in [0.717, 1.165) is 29.7 Å². The molecule has 0 bridgehead atoms. The number of aliphatic imine (C=N–C) groups is 1. The largest absolute Gasteiger partial charge is 0.383 e. The van der Waals surface area contributed by atoms with E-state index in [-0.39, 0.29) is 17.6 Å². The number of carbonyl (C=O) groups is 2. The van der Waals surface area contributed by atoms with E-state index >= 15 is 0 Å². The van der Waals surface area contributed by atoms with Crippen molar-refractivity contribution < 1.29 is 9.59 Å². The molecule has 1 aromatic heterocycles. The summed E-state index contributed by atoms with van der Waals surface area (Å²) in [6, 6.07) is 15.0. The van der Waals surface area contributed by atoms with Gasteiger partial charge in [0.05, 0.1) is 11.0 Å². The van der Waals surface area contributed by atoms with Gasteiger partial charge in [0.2, 0.25) is 5.91 Å². The van der Waals surface area contributed by atoms with Gasteiger partial charge < -0.3 is 15.6 Å². The van der Waals surface area contributed by atoms with E-state index in [1.54, 1.807) is 31.2 Å². The standard InChI is InChI=1S/C23H25N5O2/c1-2-20(29)27-21(24)15-7-9-17(10-8-15)23(30)28-13-11-16(12-14-28)22-25-18-5-3-4-6-19(18)26-22/h3-10,16H,2,11-14H2,1H3,(H,25,26)(H2,24,27,29). The first-order valence-electron chi connectivity index (χ1n) is 10.3. The summed E-state index contributed by atoms with van der Waals surface area (Å²) in [6.07, 6.45) is 2.06. The number of para-hydroxylation sites is 2. The fraction of sp³-hybridized carbons (Fsp3) is 0.304. The van der Waals surface area contributed by atoms with Crippen LogP contribution in [0.3, 0.4) is 0 Å². The van der Waals surface area contributed by atoms with Gasteiger partial charge in [0.15, 0.2) is 0 Å². The number of hydrogen-bond donors (Lipinski definition) is 2. The molecule has 2 aromatic carbocycles. The molecule has 2 heterocycles. The number of amides is 2. The van der Waals surface area contributed by atoms with Crippen molar-refractivity contribution in [2.75, 3.05) is 13.1 Å². The van der Waals surface area contributed by atoms with E-state index in [2.05, 4.69) is 9.98 Å². The number of aromatic amines is 1. The summed E-state index contributed by atoms with van der Waals surface area (Å²) in [5.74, 6) is 1.25. The molecule has 0 atom stereocenters. The Morgan fingerprint density at radius 2 is 1.77 bits per heavy atom. The summed E-state index contributed by atoms with van der Waals surface area (Å²) in [7, 11) is 0. The molecule has 1 aliphatic rings.